The number of benzene rings is 1. The van der Waals surface area contributed by atoms with Gasteiger partial charge in [-0.3, -0.25) is 9.59 Å². The lowest BCUT2D eigenvalue weighted by Gasteiger charge is -2.28. The minimum Gasteiger partial charge on any atom is -0.351 e. The fraction of sp³-hybridized carbons (Fsp3) is 0.412. The van der Waals surface area contributed by atoms with E-state index in [0.29, 0.717) is 30.4 Å². The van der Waals surface area contributed by atoms with Crippen molar-refractivity contribution >= 4 is 34.5 Å². The topological polar surface area (TPSA) is 56.4 Å². The fourth-order valence-corrected chi connectivity index (χ4v) is 4.08. The van der Waals surface area contributed by atoms with Crippen LogP contribution in [0.1, 0.15) is 24.3 Å². The van der Waals surface area contributed by atoms with E-state index in [-0.39, 0.29) is 17.9 Å². The first-order valence-electron chi connectivity index (χ1n) is 7.91. The summed E-state index contributed by atoms with van der Waals surface area (Å²) in [5.41, 5.74) is 1.49. The molecule has 1 aromatic heterocycles. The number of aromatic amines is 1. The number of rotatable bonds is 4. The molecule has 2 heterocycles. The molecule has 0 unspecified atom stereocenters. The highest BCUT2D eigenvalue weighted by Crippen LogP contribution is 2.25. The lowest BCUT2D eigenvalue weighted by Crippen LogP contribution is -2.49. The van der Waals surface area contributed by atoms with E-state index >= 15 is 0 Å². The number of hydrogen-bond donors (Lipinski definition) is 1. The predicted octanol–water partition coefficient (Wildman–Crippen LogP) is 2.55. The number of carbonyl (C=O) groups is 2. The molecule has 0 spiro atoms. The molecule has 1 fully saturated rings. The maximum atomic E-state index is 12.8. The van der Waals surface area contributed by atoms with Gasteiger partial charge in [0.1, 0.15) is 11.7 Å². The Morgan fingerprint density at radius 1 is 1.30 bits per heavy atom. The van der Waals surface area contributed by atoms with Crippen molar-refractivity contribution in [3.63, 3.8) is 0 Å². The van der Waals surface area contributed by atoms with E-state index in [1.165, 1.54) is 0 Å². The summed E-state index contributed by atoms with van der Waals surface area (Å²) < 4.78 is 0. The van der Waals surface area contributed by atoms with Crippen LogP contribution in [-0.2, 0) is 4.79 Å². The van der Waals surface area contributed by atoms with Gasteiger partial charge in [-0.1, -0.05) is 18.2 Å². The molecule has 3 rings (SSSR count). The summed E-state index contributed by atoms with van der Waals surface area (Å²) in [7, 11) is 0. The Hall–Kier alpha value is -1.95. The van der Waals surface area contributed by atoms with Crippen LogP contribution in [0.2, 0.25) is 0 Å². The Bertz CT molecular complexity index is 690. The Morgan fingerprint density at radius 3 is 2.74 bits per heavy atom. The molecular weight excluding hydrogens is 310 g/mol. The van der Waals surface area contributed by atoms with Crippen molar-refractivity contribution < 1.29 is 9.59 Å². The molecule has 0 saturated carbocycles. The third kappa shape index (κ3) is 2.95. The highest BCUT2D eigenvalue weighted by Gasteiger charge is 2.37. The standard InChI is InChI=1S/C17H21N3O2S/c1-3-19(4-2)17(22)15-10-23-11-20(15)16(21)14-9-12-7-5-6-8-13(12)18-14/h5-9,15,18H,3-4,10-11H2,1-2H3/t15-/m0/s1. The van der Waals surface area contributed by atoms with Crippen LogP contribution in [0.25, 0.3) is 10.9 Å². The molecule has 0 aliphatic carbocycles. The Morgan fingerprint density at radius 2 is 2.04 bits per heavy atom. The zero-order chi connectivity index (χ0) is 16.4. The van der Waals surface area contributed by atoms with Crippen LogP contribution < -0.4 is 0 Å². The monoisotopic (exact) mass is 331 g/mol. The van der Waals surface area contributed by atoms with Gasteiger partial charge in [0.15, 0.2) is 0 Å². The summed E-state index contributed by atoms with van der Waals surface area (Å²) >= 11 is 1.63. The SMILES string of the molecule is CCN(CC)C(=O)[C@@H]1CSCN1C(=O)c1cc2ccccc2[nH]1. The van der Waals surface area contributed by atoms with E-state index in [1.807, 2.05) is 44.2 Å². The summed E-state index contributed by atoms with van der Waals surface area (Å²) in [5.74, 6) is 1.17. The summed E-state index contributed by atoms with van der Waals surface area (Å²) in [4.78, 5) is 32.1. The van der Waals surface area contributed by atoms with E-state index in [0.717, 1.165) is 10.9 Å². The van der Waals surface area contributed by atoms with Crippen molar-refractivity contribution in [2.45, 2.75) is 19.9 Å². The highest BCUT2D eigenvalue weighted by atomic mass is 32.2. The molecule has 1 aliphatic rings. The molecule has 1 aromatic carbocycles. The fourth-order valence-electron chi connectivity index (χ4n) is 2.94. The number of hydrogen-bond acceptors (Lipinski definition) is 3. The van der Waals surface area contributed by atoms with Gasteiger partial charge in [-0.05, 0) is 26.0 Å². The van der Waals surface area contributed by atoms with Gasteiger partial charge in [-0.25, -0.2) is 0 Å². The van der Waals surface area contributed by atoms with E-state index in [2.05, 4.69) is 4.98 Å². The molecule has 0 bridgehead atoms. The van der Waals surface area contributed by atoms with Gasteiger partial charge < -0.3 is 14.8 Å². The van der Waals surface area contributed by atoms with Crippen molar-refractivity contribution in [2.24, 2.45) is 0 Å². The van der Waals surface area contributed by atoms with E-state index in [1.54, 1.807) is 21.6 Å². The van der Waals surface area contributed by atoms with Gasteiger partial charge >= 0.3 is 0 Å². The largest absolute Gasteiger partial charge is 0.351 e. The summed E-state index contributed by atoms with van der Waals surface area (Å²) in [6.45, 7) is 5.27. The Balaban J connectivity index is 1.84. The maximum absolute atomic E-state index is 12.8. The molecule has 1 aliphatic heterocycles. The number of nitrogens with one attached hydrogen (secondary N) is 1. The lowest BCUT2D eigenvalue weighted by atomic mass is 10.2. The maximum Gasteiger partial charge on any atom is 0.271 e. The average Bonchev–Trinajstić information content (AvgIpc) is 3.21. The third-order valence-electron chi connectivity index (χ3n) is 4.26. The quantitative estimate of drug-likeness (QED) is 0.937. The highest BCUT2D eigenvalue weighted by molar-refractivity contribution is 7.99. The number of para-hydroxylation sites is 1. The molecule has 0 radical (unpaired) electrons. The summed E-state index contributed by atoms with van der Waals surface area (Å²) in [6.07, 6.45) is 0. The number of carbonyl (C=O) groups excluding carboxylic acids is 2. The van der Waals surface area contributed by atoms with Crippen LogP contribution in [0.15, 0.2) is 30.3 Å². The van der Waals surface area contributed by atoms with E-state index in [9.17, 15) is 9.59 Å². The average molecular weight is 331 g/mol. The van der Waals surface area contributed by atoms with Gasteiger partial charge in [0.05, 0.1) is 5.88 Å². The third-order valence-corrected chi connectivity index (χ3v) is 5.28. The van der Waals surface area contributed by atoms with Crippen LogP contribution in [0, 0.1) is 0 Å². The number of nitrogens with zero attached hydrogens (tertiary/aromatic N) is 2. The molecule has 23 heavy (non-hydrogen) atoms. The van der Waals surface area contributed by atoms with Crippen LogP contribution in [-0.4, -0.2) is 57.4 Å². The van der Waals surface area contributed by atoms with Crippen molar-refractivity contribution in [1.82, 2.24) is 14.8 Å². The van der Waals surface area contributed by atoms with Crippen LogP contribution >= 0.6 is 11.8 Å². The van der Waals surface area contributed by atoms with Crippen molar-refractivity contribution in [3.05, 3.63) is 36.0 Å². The molecule has 2 amide bonds. The Kier molecular flexibility index (Phi) is 4.61. The van der Waals surface area contributed by atoms with Crippen LogP contribution in [0.4, 0.5) is 0 Å². The van der Waals surface area contributed by atoms with Crippen LogP contribution in [0.3, 0.4) is 0 Å². The molecule has 1 atom stereocenters. The zero-order valence-electron chi connectivity index (χ0n) is 13.4. The van der Waals surface area contributed by atoms with Gasteiger partial charge in [0, 0.05) is 29.7 Å². The van der Waals surface area contributed by atoms with Gasteiger partial charge in [-0.15, -0.1) is 11.8 Å². The second-order valence-corrected chi connectivity index (χ2v) is 6.57. The Labute approximate surface area is 140 Å². The second kappa shape index (κ2) is 6.66. The number of likely N-dealkylation sites (N-methyl/N-ethyl adjacent to an activating group) is 1. The van der Waals surface area contributed by atoms with E-state index < -0.39 is 0 Å². The molecule has 122 valence electrons. The normalized spacial score (nSPS) is 17.7. The van der Waals surface area contributed by atoms with Gasteiger partial charge in [0.25, 0.3) is 5.91 Å². The van der Waals surface area contributed by atoms with Crippen molar-refractivity contribution in [3.8, 4) is 0 Å². The first-order valence-corrected chi connectivity index (χ1v) is 9.06. The number of amides is 2. The van der Waals surface area contributed by atoms with Crippen molar-refractivity contribution in [2.75, 3.05) is 24.7 Å². The smallest absolute Gasteiger partial charge is 0.271 e. The van der Waals surface area contributed by atoms with Crippen molar-refractivity contribution in [1.29, 1.82) is 0 Å². The van der Waals surface area contributed by atoms with Gasteiger partial charge in [-0.2, -0.15) is 0 Å². The zero-order valence-corrected chi connectivity index (χ0v) is 14.2. The molecule has 6 heteroatoms. The summed E-state index contributed by atoms with van der Waals surface area (Å²) in [6, 6.07) is 9.30. The number of thioether (sulfide) groups is 1. The molecular formula is C17H21N3O2S. The molecule has 1 N–H and O–H groups in total. The molecule has 2 aromatic rings. The summed E-state index contributed by atoms with van der Waals surface area (Å²) in [5, 5.41) is 1.01. The minimum atomic E-state index is -0.362. The minimum absolute atomic E-state index is 0.0458. The number of H-pyrrole nitrogens is 1. The predicted molar refractivity (Wildman–Crippen MR) is 93.5 cm³/mol. The lowest BCUT2D eigenvalue weighted by molar-refractivity contribution is -0.134. The molecule has 1 saturated heterocycles. The molecule has 5 nitrogen and oxygen atoms in total. The number of aromatic nitrogens is 1. The van der Waals surface area contributed by atoms with E-state index in [4.69, 9.17) is 0 Å². The van der Waals surface area contributed by atoms with Crippen LogP contribution in [0.5, 0.6) is 0 Å². The second-order valence-electron chi connectivity index (χ2n) is 5.57. The van der Waals surface area contributed by atoms with Gasteiger partial charge in [0.2, 0.25) is 5.91 Å². The first-order chi connectivity index (χ1) is 11.2. The number of fused-ring (bicyclic) bond motifs is 1. The first kappa shape index (κ1) is 15.9.